The summed E-state index contributed by atoms with van der Waals surface area (Å²) < 4.78 is 0. The number of aryl methyl sites for hydroxylation is 2. The van der Waals surface area contributed by atoms with Crippen molar-refractivity contribution in [2.45, 2.75) is 51.2 Å². The summed E-state index contributed by atoms with van der Waals surface area (Å²) >= 11 is 6.62. The van der Waals surface area contributed by atoms with Gasteiger partial charge in [-0.3, -0.25) is 24.7 Å². The summed E-state index contributed by atoms with van der Waals surface area (Å²) in [5.41, 5.74) is 4.94. The Kier molecular flexibility index (Phi) is 6.23. The highest BCUT2D eigenvalue weighted by molar-refractivity contribution is 7.80. The lowest BCUT2D eigenvalue weighted by Gasteiger charge is -2.35. The van der Waals surface area contributed by atoms with E-state index in [4.69, 9.17) is 12.6 Å². The molecule has 0 bridgehead atoms. The van der Waals surface area contributed by atoms with Crippen LogP contribution in [0.3, 0.4) is 0 Å². The van der Waals surface area contributed by atoms with Crippen LogP contribution in [0.2, 0.25) is 0 Å². The zero-order valence-electron chi connectivity index (χ0n) is 20.5. The topological polar surface area (TPSA) is 81.7 Å². The Hall–Kier alpha value is -2.53. The number of imide groups is 1. The number of carbonyl (C=O) groups is 2. The third kappa shape index (κ3) is 4.19. The van der Waals surface area contributed by atoms with Crippen molar-refractivity contribution in [1.29, 1.82) is 0 Å². The van der Waals surface area contributed by atoms with Gasteiger partial charge in [-0.15, -0.1) is 11.3 Å². The molecule has 0 aliphatic carbocycles. The fourth-order valence-electron chi connectivity index (χ4n) is 5.65. The predicted octanol–water partition coefficient (Wildman–Crippen LogP) is 3.18. The average Bonchev–Trinajstić information content (AvgIpc) is 3.35. The molecule has 2 saturated heterocycles. The van der Waals surface area contributed by atoms with E-state index in [0.29, 0.717) is 19.4 Å². The number of hydrogen-bond acceptors (Lipinski definition) is 9. The first-order valence-electron chi connectivity index (χ1n) is 12.5. The highest BCUT2D eigenvalue weighted by atomic mass is 32.1. The molecule has 188 valence electrons. The second-order valence-corrected chi connectivity index (χ2v) is 11.7. The highest BCUT2D eigenvalue weighted by Crippen LogP contribution is 2.40. The van der Waals surface area contributed by atoms with Crippen LogP contribution in [0.1, 0.15) is 45.3 Å². The lowest BCUT2D eigenvalue weighted by molar-refractivity contribution is -0.137. The summed E-state index contributed by atoms with van der Waals surface area (Å²) in [5, 5.41) is 3.54. The van der Waals surface area contributed by atoms with Crippen molar-refractivity contribution in [3.8, 4) is 0 Å². The molecule has 0 saturated carbocycles. The summed E-state index contributed by atoms with van der Waals surface area (Å²) in [6.45, 7) is 9.70. The summed E-state index contributed by atoms with van der Waals surface area (Å²) in [7, 11) is 0. The van der Waals surface area contributed by atoms with E-state index in [-0.39, 0.29) is 23.2 Å². The number of anilines is 1. The Morgan fingerprint density at radius 2 is 1.94 bits per heavy atom. The van der Waals surface area contributed by atoms with Gasteiger partial charge in [-0.2, -0.15) is 12.6 Å². The van der Waals surface area contributed by atoms with Crippen molar-refractivity contribution < 1.29 is 9.59 Å². The summed E-state index contributed by atoms with van der Waals surface area (Å²) in [6.07, 6.45) is 2.62. The van der Waals surface area contributed by atoms with Crippen molar-refractivity contribution in [2.75, 3.05) is 31.1 Å². The maximum Gasteiger partial charge on any atom is 0.243 e. The number of hydrogen-bond donors (Lipinski definition) is 2. The Morgan fingerprint density at radius 3 is 2.72 bits per heavy atom. The van der Waals surface area contributed by atoms with Crippen LogP contribution in [0.25, 0.3) is 10.2 Å². The Labute approximate surface area is 220 Å². The van der Waals surface area contributed by atoms with Gasteiger partial charge < -0.3 is 4.90 Å². The number of thiol groups is 1. The van der Waals surface area contributed by atoms with Gasteiger partial charge in [0.05, 0.1) is 16.8 Å². The van der Waals surface area contributed by atoms with Crippen LogP contribution in [0, 0.1) is 13.8 Å². The minimum Gasteiger partial charge on any atom is -0.353 e. The SMILES string of the molecule is Cc1sc2ncnc(N3CCN(Cc4ccc5c(c4)C(S)N(C4CCC(=O)NC4=O)C5)CC3)c2c1C. The first-order chi connectivity index (χ1) is 17.4. The summed E-state index contributed by atoms with van der Waals surface area (Å²) in [5.74, 6) is 0.672. The van der Waals surface area contributed by atoms with Gasteiger partial charge in [0.25, 0.3) is 0 Å². The molecule has 5 heterocycles. The fourth-order valence-corrected chi connectivity index (χ4v) is 7.12. The van der Waals surface area contributed by atoms with E-state index >= 15 is 0 Å². The molecule has 2 atom stereocenters. The highest BCUT2D eigenvalue weighted by Gasteiger charge is 2.39. The number of nitrogens with zero attached hydrogens (tertiary/aromatic N) is 5. The molecule has 1 aromatic carbocycles. The molecule has 1 N–H and O–H groups in total. The molecule has 10 heteroatoms. The standard InChI is InChI=1S/C26H30N6O2S2/c1-15-16(2)36-25-22(15)23(27-14-28-25)31-9-7-30(8-10-31)12-17-3-4-18-13-32(26(35)19(18)11-17)20-5-6-21(33)29-24(20)34/h3-4,11,14,20,26,35H,5-10,12-13H2,1-2H3,(H,29,33,34). The quantitative estimate of drug-likeness (QED) is 0.402. The number of carbonyl (C=O) groups excluding carboxylic acids is 2. The summed E-state index contributed by atoms with van der Waals surface area (Å²) in [4.78, 5) is 42.5. The fraction of sp³-hybridized carbons (Fsp3) is 0.462. The van der Waals surface area contributed by atoms with Crippen LogP contribution in [0.5, 0.6) is 0 Å². The monoisotopic (exact) mass is 522 g/mol. The molecule has 2 aromatic heterocycles. The van der Waals surface area contributed by atoms with Crippen LogP contribution in [-0.2, 0) is 22.7 Å². The second-order valence-electron chi connectivity index (χ2n) is 9.97. The van der Waals surface area contributed by atoms with Crippen LogP contribution >= 0.6 is 24.0 Å². The minimum atomic E-state index is -0.307. The average molecular weight is 523 g/mol. The maximum absolute atomic E-state index is 12.4. The van der Waals surface area contributed by atoms with Crippen molar-refractivity contribution in [2.24, 2.45) is 0 Å². The van der Waals surface area contributed by atoms with Gasteiger partial charge in [0.1, 0.15) is 17.0 Å². The van der Waals surface area contributed by atoms with Crippen molar-refractivity contribution >= 4 is 51.8 Å². The largest absolute Gasteiger partial charge is 0.353 e. The molecule has 0 spiro atoms. The van der Waals surface area contributed by atoms with Crippen LogP contribution in [0.4, 0.5) is 5.82 Å². The smallest absolute Gasteiger partial charge is 0.243 e. The second kappa shape index (κ2) is 9.41. The maximum atomic E-state index is 12.4. The molecular weight excluding hydrogens is 492 g/mol. The van der Waals surface area contributed by atoms with Gasteiger partial charge in [-0.05, 0) is 42.5 Å². The van der Waals surface area contributed by atoms with Gasteiger partial charge in [0.2, 0.25) is 11.8 Å². The van der Waals surface area contributed by atoms with Crippen molar-refractivity contribution in [1.82, 2.24) is 25.1 Å². The van der Waals surface area contributed by atoms with Gasteiger partial charge >= 0.3 is 0 Å². The molecule has 2 unspecified atom stereocenters. The number of thiophene rings is 1. The van der Waals surface area contributed by atoms with Crippen molar-refractivity contribution in [3.05, 3.63) is 51.7 Å². The van der Waals surface area contributed by atoms with Gasteiger partial charge in [-0.25, -0.2) is 9.97 Å². The first-order valence-corrected chi connectivity index (χ1v) is 13.8. The molecule has 3 aliphatic rings. The number of aromatic nitrogens is 2. The zero-order valence-corrected chi connectivity index (χ0v) is 22.2. The first kappa shape index (κ1) is 23.8. The minimum absolute atomic E-state index is 0.141. The van der Waals surface area contributed by atoms with E-state index in [2.05, 4.69) is 62.0 Å². The zero-order chi connectivity index (χ0) is 25.0. The van der Waals surface area contributed by atoms with Gasteiger partial charge in [0.15, 0.2) is 0 Å². The van der Waals surface area contributed by atoms with Gasteiger partial charge in [-0.1, -0.05) is 18.2 Å². The third-order valence-electron chi connectivity index (χ3n) is 7.79. The third-order valence-corrected chi connectivity index (χ3v) is 9.48. The molecule has 3 aromatic rings. The number of fused-ring (bicyclic) bond motifs is 2. The molecule has 8 nitrogen and oxygen atoms in total. The molecule has 36 heavy (non-hydrogen) atoms. The molecule has 6 rings (SSSR count). The normalized spacial score (nSPS) is 23.4. The number of piperidine rings is 1. The van der Waals surface area contributed by atoms with E-state index in [0.717, 1.165) is 43.4 Å². The summed E-state index contributed by atoms with van der Waals surface area (Å²) in [6, 6.07) is 6.31. The lowest BCUT2D eigenvalue weighted by atomic mass is 10.0. The molecule has 0 radical (unpaired) electrons. The lowest BCUT2D eigenvalue weighted by Crippen LogP contribution is -2.51. The van der Waals surface area contributed by atoms with E-state index in [1.807, 2.05) is 0 Å². The van der Waals surface area contributed by atoms with E-state index in [9.17, 15) is 9.59 Å². The Balaban J connectivity index is 1.11. The number of benzene rings is 1. The molecule has 2 fully saturated rings. The Bertz CT molecular complexity index is 1350. The van der Waals surface area contributed by atoms with Crippen LogP contribution in [-0.4, -0.2) is 63.8 Å². The molecule has 2 amide bonds. The van der Waals surface area contributed by atoms with Crippen LogP contribution in [0.15, 0.2) is 24.5 Å². The van der Waals surface area contributed by atoms with E-state index < -0.39 is 0 Å². The molecular formula is C26H30N6O2S2. The van der Waals surface area contributed by atoms with E-state index in [1.54, 1.807) is 17.7 Å². The predicted molar refractivity (Wildman–Crippen MR) is 144 cm³/mol. The van der Waals surface area contributed by atoms with Gasteiger partial charge in [0, 0.05) is 50.6 Å². The molecule has 3 aliphatic heterocycles. The van der Waals surface area contributed by atoms with E-state index in [1.165, 1.54) is 32.5 Å². The number of piperazine rings is 1. The van der Waals surface area contributed by atoms with Crippen molar-refractivity contribution in [3.63, 3.8) is 0 Å². The van der Waals surface area contributed by atoms with Crippen LogP contribution < -0.4 is 10.2 Å². The number of nitrogens with one attached hydrogen (secondary N) is 1. The number of rotatable bonds is 4. The Morgan fingerprint density at radius 1 is 1.14 bits per heavy atom. The number of amides is 2.